The fourth-order valence-electron chi connectivity index (χ4n) is 4.40. The van der Waals surface area contributed by atoms with E-state index in [0.29, 0.717) is 23.5 Å². The number of rotatable bonds is 7. The molecule has 38 heavy (non-hydrogen) atoms. The first-order valence-electron chi connectivity index (χ1n) is 12.7. The van der Waals surface area contributed by atoms with Crippen LogP contribution in [0.4, 0.5) is 9.93 Å². The molecule has 198 valence electrons. The van der Waals surface area contributed by atoms with Gasteiger partial charge in [-0.1, -0.05) is 11.3 Å². The van der Waals surface area contributed by atoms with E-state index in [9.17, 15) is 9.90 Å². The SMILES string of the molecule is CCNC(=O)Nc1nc2cc(-c3cnc(C(C)O)nc3)cc(-c3cc(CN4CCOCC4C)ccn3)c2s1. The number of amides is 2. The Kier molecular flexibility index (Phi) is 7.89. The van der Waals surface area contributed by atoms with E-state index in [0.717, 1.165) is 64.5 Å². The Morgan fingerprint density at radius 3 is 2.79 bits per heavy atom. The van der Waals surface area contributed by atoms with Gasteiger partial charge in [0.15, 0.2) is 11.0 Å². The van der Waals surface area contributed by atoms with Gasteiger partial charge in [-0.15, -0.1) is 0 Å². The van der Waals surface area contributed by atoms with Crippen LogP contribution in [0.2, 0.25) is 0 Å². The Labute approximate surface area is 225 Å². The van der Waals surface area contributed by atoms with Crippen molar-refractivity contribution in [1.82, 2.24) is 30.2 Å². The van der Waals surface area contributed by atoms with Gasteiger partial charge in [0.25, 0.3) is 0 Å². The lowest BCUT2D eigenvalue weighted by atomic mass is 10.0. The van der Waals surface area contributed by atoms with Gasteiger partial charge < -0.3 is 15.2 Å². The summed E-state index contributed by atoms with van der Waals surface area (Å²) in [4.78, 5) is 32.6. The van der Waals surface area contributed by atoms with Crippen molar-refractivity contribution in [2.24, 2.45) is 0 Å². The van der Waals surface area contributed by atoms with Gasteiger partial charge in [0.2, 0.25) is 0 Å². The molecule has 10 nitrogen and oxygen atoms in total. The van der Waals surface area contributed by atoms with Crippen molar-refractivity contribution >= 4 is 32.7 Å². The maximum Gasteiger partial charge on any atom is 0.321 e. The number of nitrogens with zero attached hydrogens (tertiary/aromatic N) is 5. The van der Waals surface area contributed by atoms with Crippen molar-refractivity contribution in [2.75, 3.05) is 31.6 Å². The molecule has 11 heteroatoms. The first-order valence-corrected chi connectivity index (χ1v) is 13.5. The molecule has 0 radical (unpaired) electrons. The van der Waals surface area contributed by atoms with Gasteiger partial charge in [-0.3, -0.25) is 15.2 Å². The summed E-state index contributed by atoms with van der Waals surface area (Å²) in [5, 5.41) is 15.9. The smallest absolute Gasteiger partial charge is 0.321 e. The third kappa shape index (κ3) is 5.81. The second kappa shape index (κ2) is 11.5. The second-order valence-electron chi connectivity index (χ2n) is 9.33. The molecule has 0 saturated carbocycles. The minimum atomic E-state index is -0.746. The van der Waals surface area contributed by atoms with Gasteiger partial charge in [-0.05, 0) is 56.2 Å². The van der Waals surface area contributed by atoms with Crippen LogP contribution in [-0.2, 0) is 11.3 Å². The van der Waals surface area contributed by atoms with E-state index < -0.39 is 6.10 Å². The molecule has 1 fully saturated rings. The Morgan fingerprint density at radius 2 is 2.05 bits per heavy atom. The number of aliphatic hydroxyl groups excluding tert-OH is 1. The summed E-state index contributed by atoms with van der Waals surface area (Å²) in [6.07, 6.45) is 4.49. The molecule has 1 aliphatic rings. The number of carbonyl (C=O) groups excluding carboxylic acids is 1. The van der Waals surface area contributed by atoms with Gasteiger partial charge >= 0.3 is 6.03 Å². The summed E-state index contributed by atoms with van der Waals surface area (Å²) in [6.45, 7) is 9.38. The first-order chi connectivity index (χ1) is 18.4. The molecule has 0 spiro atoms. The molecule has 4 aromatic rings. The van der Waals surface area contributed by atoms with Crippen LogP contribution in [0.5, 0.6) is 0 Å². The van der Waals surface area contributed by atoms with Crippen LogP contribution in [0.3, 0.4) is 0 Å². The highest BCUT2D eigenvalue weighted by molar-refractivity contribution is 7.22. The molecule has 2 amide bonds. The number of benzene rings is 1. The molecular formula is C27H31N7O3S. The lowest BCUT2D eigenvalue weighted by molar-refractivity contribution is -0.00437. The maximum absolute atomic E-state index is 12.2. The number of nitrogens with one attached hydrogen (secondary N) is 2. The van der Waals surface area contributed by atoms with Crippen LogP contribution in [0.25, 0.3) is 32.6 Å². The molecule has 5 rings (SSSR count). The average Bonchev–Trinajstić information content (AvgIpc) is 3.32. The summed E-state index contributed by atoms with van der Waals surface area (Å²) in [7, 11) is 0. The molecule has 0 bridgehead atoms. The Morgan fingerprint density at radius 1 is 1.24 bits per heavy atom. The zero-order chi connectivity index (χ0) is 26.6. The number of urea groups is 1. The number of aliphatic hydroxyl groups is 1. The number of ether oxygens (including phenoxy) is 1. The molecule has 1 aliphatic heterocycles. The number of aromatic nitrogens is 4. The molecule has 2 atom stereocenters. The Bertz CT molecular complexity index is 1420. The normalized spacial score (nSPS) is 16.9. The number of carbonyl (C=O) groups is 1. The van der Waals surface area contributed by atoms with E-state index in [1.54, 1.807) is 19.3 Å². The largest absolute Gasteiger partial charge is 0.385 e. The van der Waals surface area contributed by atoms with Crippen molar-refractivity contribution in [3.05, 3.63) is 54.2 Å². The summed E-state index contributed by atoms with van der Waals surface area (Å²) < 4.78 is 6.52. The third-order valence-electron chi connectivity index (χ3n) is 6.42. The number of anilines is 1. The van der Waals surface area contributed by atoms with Gasteiger partial charge in [0.1, 0.15) is 6.10 Å². The number of thiazole rings is 1. The van der Waals surface area contributed by atoms with Crippen LogP contribution in [0.15, 0.2) is 42.9 Å². The molecule has 3 aromatic heterocycles. The number of fused-ring (bicyclic) bond motifs is 1. The first kappa shape index (κ1) is 26.1. The van der Waals surface area contributed by atoms with E-state index in [1.165, 1.54) is 11.3 Å². The van der Waals surface area contributed by atoms with Crippen LogP contribution < -0.4 is 10.6 Å². The molecule has 2 unspecified atom stereocenters. The van der Waals surface area contributed by atoms with Crippen LogP contribution in [0, 0.1) is 0 Å². The molecular weight excluding hydrogens is 502 g/mol. The standard InChI is InChI=1S/C27H31N7O3S/c1-4-28-26(36)33-27-32-23-11-19(20-12-30-25(17(3)35)31-13-20)10-21(24(23)38-27)22-9-18(5-6-29-22)14-34-7-8-37-15-16(34)2/h5-6,9-13,16-17,35H,4,7-8,14-15H2,1-3H3,(H2,28,32,33,36). The van der Waals surface area contributed by atoms with E-state index in [4.69, 9.17) is 14.7 Å². The third-order valence-corrected chi connectivity index (χ3v) is 7.44. The molecule has 3 N–H and O–H groups in total. The monoisotopic (exact) mass is 533 g/mol. The van der Waals surface area contributed by atoms with Crippen LogP contribution in [0.1, 0.15) is 38.3 Å². The molecule has 1 aromatic carbocycles. The summed E-state index contributed by atoms with van der Waals surface area (Å²) in [5.41, 5.74) is 5.30. The number of morpholine rings is 1. The minimum absolute atomic E-state index is 0.296. The fourth-order valence-corrected chi connectivity index (χ4v) is 5.36. The van der Waals surface area contributed by atoms with Crippen molar-refractivity contribution in [2.45, 2.75) is 39.5 Å². The number of pyridine rings is 1. The topological polar surface area (TPSA) is 125 Å². The average molecular weight is 534 g/mol. The number of hydrogen-bond acceptors (Lipinski definition) is 9. The van der Waals surface area contributed by atoms with Crippen molar-refractivity contribution in [3.8, 4) is 22.4 Å². The molecule has 4 heterocycles. The van der Waals surface area contributed by atoms with Gasteiger partial charge in [0.05, 0.1) is 29.1 Å². The van der Waals surface area contributed by atoms with E-state index in [1.807, 2.05) is 25.3 Å². The predicted octanol–water partition coefficient (Wildman–Crippen LogP) is 4.23. The summed E-state index contributed by atoms with van der Waals surface area (Å²) in [6, 6.07) is 8.23. The van der Waals surface area contributed by atoms with Gasteiger partial charge in [-0.2, -0.15) is 0 Å². The number of hydrogen-bond donors (Lipinski definition) is 3. The lowest BCUT2D eigenvalue weighted by Gasteiger charge is -2.33. The van der Waals surface area contributed by atoms with Gasteiger partial charge in [0, 0.05) is 55.4 Å². The van der Waals surface area contributed by atoms with Crippen LogP contribution in [-0.4, -0.2) is 68.3 Å². The van der Waals surface area contributed by atoms with Crippen molar-refractivity contribution < 1.29 is 14.6 Å². The zero-order valence-corrected chi connectivity index (χ0v) is 22.5. The van der Waals surface area contributed by atoms with Crippen LogP contribution >= 0.6 is 11.3 Å². The highest BCUT2D eigenvalue weighted by Crippen LogP contribution is 2.38. The maximum atomic E-state index is 12.2. The quantitative estimate of drug-likeness (QED) is 0.322. The molecule has 1 saturated heterocycles. The van der Waals surface area contributed by atoms with E-state index in [-0.39, 0.29) is 6.03 Å². The Hall–Kier alpha value is -3.51. The van der Waals surface area contributed by atoms with E-state index in [2.05, 4.69) is 44.6 Å². The zero-order valence-electron chi connectivity index (χ0n) is 21.6. The van der Waals surface area contributed by atoms with Gasteiger partial charge in [-0.25, -0.2) is 19.7 Å². The highest BCUT2D eigenvalue weighted by Gasteiger charge is 2.20. The van der Waals surface area contributed by atoms with E-state index >= 15 is 0 Å². The summed E-state index contributed by atoms with van der Waals surface area (Å²) in [5.74, 6) is 0.365. The van der Waals surface area contributed by atoms with Crippen molar-refractivity contribution in [1.29, 1.82) is 0 Å². The fraction of sp³-hybridized carbons (Fsp3) is 0.370. The lowest BCUT2D eigenvalue weighted by Crippen LogP contribution is -2.42. The molecule has 0 aliphatic carbocycles. The highest BCUT2D eigenvalue weighted by atomic mass is 32.1. The Balaban J connectivity index is 1.56. The predicted molar refractivity (Wildman–Crippen MR) is 148 cm³/mol. The summed E-state index contributed by atoms with van der Waals surface area (Å²) >= 11 is 1.41. The second-order valence-corrected chi connectivity index (χ2v) is 10.3. The van der Waals surface area contributed by atoms with Crippen molar-refractivity contribution in [3.63, 3.8) is 0 Å². The minimum Gasteiger partial charge on any atom is -0.385 e.